The second-order valence-corrected chi connectivity index (χ2v) is 7.53. The predicted octanol–water partition coefficient (Wildman–Crippen LogP) is 2.90. The highest BCUT2D eigenvalue weighted by molar-refractivity contribution is 5.80. The molecule has 2 atom stereocenters. The van der Waals surface area contributed by atoms with Crippen molar-refractivity contribution >= 4 is 5.96 Å². The molecule has 2 rings (SSSR count). The van der Waals surface area contributed by atoms with Crippen LogP contribution < -0.4 is 10.1 Å². The number of guanidine groups is 1. The van der Waals surface area contributed by atoms with Gasteiger partial charge in [-0.05, 0) is 43.5 Å². The van der Waals surface area contributed by atoms with Crippen LogP contribution in [0.15, 0.2) is 29.3 Å². The van der Waals surface area contributed by atoms with Crippen LogP contribution in [-0.2, 0) is 0 Å². The minimum Gasteiger partial charge on any atom is -0.497 e. The van der Waals surface area contributed by atoms with Crippen LogP contribution in [0.4, 0.5) is 13.2 Å². The molecule has 1 heterocycles. The molecule has 30 heavy (non-hydrogen) atoms. The van der Waals surface area contributed by atoms with Gasteiger partial charge in [-0.25, -0.2) is 0 Å². The first-order valence-corrected chi connectivity index (χ1v) is 10.4. The van der Waals surface area contributed by atoms with Gasteiger partial charge in [0, 0.05) is 26.2 Å². The zero-order valence-corrected chi connectivity index (χ0v) is 18.0. The first-order chi connectivity index (χ1) is 14.3. The summed E-state index contributed by atoms with van der Waals surface area (Å²) < 4.78 is 43.3. The molecule has 0 aliphatic carbocycles. The van der Waals surface area contributed by atoms with Crippen molar-refractivity contribution in [3.63, 3.8) is 0 Å². The SMILES string of the molecule is CCNC(=NCC(O)c1ccc(OC)cc1)N1CCC(CN(CC)CC(F)(F)F)C1. The molecule has 1 saturated heterocycles. The highest BCUT2D eigenvalue weighted by Crippen LogP contribution is 2.22. The van der Waals surface area contributed by atoms with Gasteiger partial charge in [0.05, 0.1) is 26.3 Å². The fourth-order valence-electron chi connectivity index (χ4n) is 3.63. The molecular weight excluding hydrogens is 397 g/mol. The number of rotatable bonds is 9. The molecule has 0 amide bonds. The second-order valence-electron chi connectivity index (χ2n) is 7.53. The number of methoxy groups -OCH3 is 1. The Kier molecular flexibility index (Phi) is 9.23. The molecule has 2 N–H and O–H groups in total. The zero-order chi connectivity index (χ0) is 22.1. The largest absolute Gasteiger partial charge is 0.497 e. The quantitative estimate of drug-likeness (QED) is 0.466. The van der Waals surface area contributed by atoms with Gasteiger partial charge in [-0.2, -0.15) is 13.2 Å². The van der Waals surface area contributed by atoms with E-state index in [-0.39, 0.29) is 12.5 Å². The van der Waals surface area contributed by atoms with Crippen molar-refractivity contribution in [3.8, 4) is 5.75 Å². The molecule has 0 radical (unpaired) electrons. The van der Waals surface area contributed by atoms with E-state index in [0.717, 1.165) is 24.3 Å². The number of aliphatic hydroxyl groups excluding tert-OH is 1. The van der Waals surface area contributed by atoms with Crippen LogP contribution in [0.2, 0.25) is 0 Å². The minimum atomic E-state index is -4.18. The lowest BCUT2D eigenvalue weighted by Gasteiger charge is -2.26. The number of alkyl halides is 3. The number of hydrogen-bond donors (Lipinski definition) is 2. The maximum Gasteiger partial charge on any atom is 0.401 e. The van der Waals surface area contributed by atoms with Crippen LogP contribution in [0.25, 0.3) is 0 Å². The van der Waals surface area contributed by atoms with E-state index in [1.807, 2.05) is 6.92 Å². The zero-order valence-electron chi connectivity index (χ0n) is 18.0. The molecule has 1 aromatic carbocycles. The van der Waals surface area contributed by atoms with Gasteiger partial charge in [0.15, 0.2) is 5.96 Å². The lowest BCUT2D eigenvalue weighted by Crippen LogP contribution is -2.42. The van der Waals surface area contributed by atoms with Crippen LogP contribution in [0, 0.1) is 5.92 Å². The summed E-state index contributed by atoms with van der Waals surface area (Å²) in [5.41, 5.74) is 0.750. The number of ether oxygens (including phenoxy) is 1. The molecule has 1 aliphatic rings. The van der Waals surface area contributed by atoms with Crippen LogP contribution in [0.3, 0.4) is 0 Å². The van der Waals surface area contributed by atoms with Gasteiger partial charge in [0.2, 0.25) is 0 Å². The molecule has 1 fully saturated rings. The Bertz CT molecular complexity index is 667. The van der Waals surface area contributed by atoms with Crippen molar-refractivity contribution in [2.75, 3.05) is 52.9 Å². The molecule has 0 bridgehead atoms. The molecule has 6 nitrogen and oxygen atoms in total. The maximum atomic E-state index is 12.7. The number of halogens is 3. The Labute approximate surface area is 176 Å². The standard InChI is InChI=1S/C21H33F3N4O2/c1-4-25-20(26-12-19(29)17-6-8-18(30-3)9-7-17)28-11-10-16(14-28)13-27(5-2)15-21(22,23)24/h6-9,16,19,29H,4-5,10-15H2,1-3H3,(H,25,26). The highest BCUT2D eigenvalue weighted by atomic mass is 19.4. The minimum absolute atomic E-state index is 0.155. The van der Waals surface area contributed by atoms with Crippen LogP contribution in [0.5, 0.6) is 5.75 Å². The number of benzene rings is 1. The number of nitrogens with one attached hydrogen (secondary N) is 1. The Morgan fingerprint density at radius 2 is 2.03 bits per heavy atom. The summed E-state index contributed by atoms with van der Waals surface area (Å²) in [5, 5.41) is 13.7. The lowest BCUT2D eigenvalue weighted by atomic mass is 10.1. The van der Waals surface area contributed by atoms with Crippen molar-refractivity contribution in [1.29, 1.82) is 0 Å². The fourth-order valence-corrected chi connectivity index (χ4v) is 3.63. The van der Waals surface area contributed by atoms with Crippen LogP contribution in [0.1, 0.15) is 31.9 Å². The van der Waals surface area contributed by atoms with E-state index in [1.165, 1.54) is 4.90 Å². The molecule has 9 heteroatoms. The molecule has 1 aromatic rings. The number of aliphatic hydroxyl groups is 1. The summed E-state index contributed by atoms with van der Waals surface area (Å²) in [6, 6.07) is 7.19. The van der Waals surface area contributed by atoms with Crippen molar-refractivity contribution in [2.45, 2.75) is 32.5 Å². The third-order valence-corrected chi connectivity index (χ3v) is 5.20. The fraction of sp³-hybridized carbons (Fsp3) is 0.667. The molecule has 170 valence electrons. The Hall–Kier alpha value is -2.00. The van der Waals surface area contributed by atoms with Gasteiger partial charge < -0.3 is 20.1 Å². The molecular formula is C21H33F3N4O2. The lowest BCUT2D eigenvalue weighted by molar-refractivity contribution is -0.146. The van der Waals surface area contributed by atoms with Crippen molar-refractivity contribution in [2.24, 2.45) is 10.9 Å². The molecule has 1 aliphatic heterocycles. The highest BCUT2D eigenvalue weighted by Gasteiger charge is 2.33. The van der Waals surface area contributed by atoms with Crippen molar-refractivity contribution in [3.05, 3.63) is 29.8 Å². The van der Waals surface area contributed by atoms with E-state index in [1.54, 1.807) is 38.3 Å². The summed E-state index contributed by atoms with van der Waals surface area (Å²) in [5.74, 6) is 1.56. The monoisotopic (exact) mass is 430 g/mol. The van der Waals surface area contributed by atoms with E-state index in [0.29, 0.717) is 32.1 Å². The normalized spacial score (nSPS) is 18.7. The molecule has 2 unspecified atom stereocenters. The first-order valence-electron chi connectivity index (χ1n) is 10.4. The average Bonchev–Trinajstić information content (AvgIpc) is 3.17. The number of likely N-dealkylation sites (tertiary alicyclic amines) is 1. The summed E-state index contributed by atoms with van der Waals surface area (Å²) >= 11 is 0. The topological polar surface area (TPSA) is 60.3 Å². The van der Waals surface area contributed by atoms with E-state index in [9.17, 15) is 18.3 Å². The van der Waals surface area contributed by atoms with Gasteiger partial charge in [-0.15, -0.1) is 0 Å². The number of hydrogen-bond acceptors (Lipinski definition) is 4. The van der Waals surface area contributed by atoms with Crippen molar-refractivity contribution < 1.29 is 23.0 Å². The smallest absolute Gasteiger partial charge is 0.401 e. The van der Waals surface area contributed by atoms with Gasteiger partial charge in [0.25, 0.3) is 0 Å². The number of nitrogens with zero attached hydrogens (tertiary/aromatic N) is 3. The van der Waals surface area contributed by atoms with Crippen molar-refractivity contribution in [1.82, 2.24) is 15.1 Å². The Balaban J connectivity index is 1.95. The average molecular weight is 431 g/mol. The summed E-state index contributed by atoms with van der Waals surface area (Å²) in [4.78, 5) is 8.08. The third-order valence-electron chi connectivity index (χ3n) is 5.20. The van der Waals surface area contributed by atoms with Gasteiger partial charge >= 0.3 is 6.18 Å². The summed E-state index contributed by atoms with van der Waals surface area (Å²) in [6.07, 6.45) is -4.10. The summed E-state index contributed by atoms with van der Waals surface area (Å²) in [7, 11) is 1.59. The Morgan fingerprint density at radius 1 is 1.33 bits per heavy atom. The Morgan fingerprint density at radius 3 is 2.60 bits per heavy atom. The number of aliphatic imine (C=N–C) groups is 1. The van der Waals surface area contributed by atoms with Gasteiger partial charge in [0.1, 0.15) is 5.75 Å². The third kappa shape index (κ3) is 7.68. The van der Waals surface area contributed by atoms with E-state index in [4.69, 9.17) is 4.74 Å². The molecule has 0 spiro atoms. The molecule has 0 saturated carbocycles. The van der Waals surface area contributed by atoms with Crippen LogP contribution >= 0.6 is 0 Å². The first kappa shape index (κ1) is 24.3. The van der Waals surface area contributed by atoms with E-state index >= 15 is 0 Å². The maximum absolute atomic E-state index is 12.7. The van der Waals surface area contributed by atoms with Gasteiger partial charge in [-0.3, -0.25) is 9.89 Å². The van der Waals surface area contributed by atoms with E-state index in [2.05, 4.69) is 15.2 Å². The van der Waals surface area contributed by atoms with Crippen LogP contribution in [-0.4, -0.2) is 80.0 Å². The second kappa shape index (κ2) is 11.4. The van der Waals surface area contributed by atoms with Gasteiger partial charge in [-0.1, -0.05) is 19.1 Å². The summed E-state index contributed by atoms with van der Waals surface area (Å²) in [6.45, 7) is 5.90. The molecule has 0 aromatic heterocycles. The van der Waals surface area contributed by atoms with E-state index < -0.39 is 18.8 Å². The predicted molar refractivity (Wildman–Crippen MR) is 112 cm³/mol.